The van der Waals surface area contributed by atoms with Crippen LogP contribution in [-0.4, -0.2) is 18.4 Å². The molecule has 0 N–H and O–H groups in total. The van der Waals surface area contributed by atoms with Crippen LogP contribution in [0.5, 0.6) is 5.75 Å². The Balaban J connectivity index is 3.13. The molecule has 0 amide bonds. The van der Waals surface area contributed by atoms with E-state index < -0.39 is 11.2 Å². The van der Waals surface area contributed by atoms with Crippen LogP contribution in [0.3, 0.4) is 0 Å². The number of alkyl halides is 4. The number of benzene rings is 1. The van der Waals surface area contributed by atoms with Crippen molar-refractivity contribution in [3.8, 4) is 5.75 Å². The predicted octanol–water partition coefficient (Wildman–Crippen LogP) is 4.33. The van der Waals surface area contributed by atoms with Crippen LogP contribution in [0.25, 0.3) is 0 Å². The number of rotatable bonds is 4. The molecule has 0 radical (unpaired) electrons. The van der Waals surface area contributed by atoms with Gasteiger partial charge in [0.25, 0.3) is 0 Å². The number of Topliss-reactive ketones (excluding diaryl/α,β-unsaturated/α-hetero) is 1. The van der Waals surface area contributed by atoms with Gasteiger partial charge in [0.1, 0.15) is 11.5 Å². The molecule has 100 valence electrons. The topological polar surface area (TPSA) is 26.3 Å². The molecule has 0 bridgehead atoms. The first kappa shape index (κ1) is 15.4. The van der Waals surface area contributed by atoms with Gasteiger partial charge in [-0.2, -0.15) is 0 Å². The zero-order chi connectivity index (χ0) is 13.9. The minimum absolute atomic E-state index is 0.189. The van der Waals surface area contributed by atoms with E-state index in [1.807, 2.05) is 0 Å². The van der Waals surface area contributed by atoms with E-state index >= 15 is 0 Å². The van der Waals surface area contributed by atoms with E-state index in [-0.39, 0.29) is 11.5 Å². The third-order valence-corrected chi connectivity index (χ3v) is 3.90. The van der Waals surface area contributed by atoms with Gasteiger partial charge in [-0.1, -0.05) is 15.9 Å². The fourth-order valence-electron chi connectivity index (χ4n) is 1.29. The smallest absolute Gasteiger partial charge is 0.406 e. The summed E-state index contributed by atoms with van der Waals surface area (Å²) in [6, 6.07) is 4.13. The number of carbonyl (C=O) groups excluding carboxylic acids is 1. The summed E-state index contributed by atoms with van der Waals surface area (Å²) in [7, 11) is 0. The molecule has 1 rings (SSSR count). The molecule has 0 aliphatic rings. The molecule has 1 aromatic carbocycles. The number of ether oxygens (including phenoxy) is 1. The first-order valence-electron chi connectivity index (χ1n) is 4.82. The molecule has 0 aliphatic heterocycles. The average molecular weight is 343 g/mol. The van der Waals surface area contributed by atoms with Crippen molar-refractivity contribution in [1.29, 1.82) is 0 Å². The minimum atomic E-state index is -4.74. The monoisotopic (exact) mass is 342 g/mol. The maximum absolute atomic E-state index is 12.2. The number of carbonyl (C=O) groups is 1. The Morgan fingerprint density at radius 1 is 1.39 bits per heavy atom. The molecule has 0 saturated carbocycles. The van der Waals surface area contributed by atoms with Crippen LogP contribution in [0.4, 0.5) is 13.2 Å². The highest BCUT2D eigenvalue weighted by atomic mass is 79.9. The molecule has 0 aliphatic carbocycles. The van der Waals surface area contributed by atoms with Crippen LogP contribution in [-0.2, 0) is 4.79 Å². The van der Waals surface area contributed by atoms with Gasteiger partial charge in [-0.05, 0) is 36.9 Å². The van der Waals surface area contributed by atoms with Crippen molar-refractivity contribution in [3.63, 3.8) is 0 Å². The Morgan fingerprint density at radius 3 is 2.44 bits per heavy atom. The van der Waals surface area contributed by atoms with Crippen LogP contribution < -0.4 is 4.74 Å². The molecule has 18 heavy (non-hydrogen) atoms. The lowest BCUT2D eigenvalue weighted by molar-refractivity contribution is -0.274. The number of halogens is 4. The highest BCUT2D eigenvalue weighted by Crippen LogP contribution is 2.33. The van der Waals surface area contributed by atoms with Crippen LogP contribution in [0.15, 0.2) is 23.1 Å². The quantitative estimate of drug-likeness (QED) is 0.601. The Hall–Kier alpha value is -0.690. The number of hydrogen-bond donors (Lipinski definition) is 0. The number of thioether (sulfide) groups is 1. The van der Waals surface area contributed by atoms with E-state index in [0.29, 0.717) is 10.5 Å². The van der Waals surface area contributed by atoms with E-state index in [4.69, 9.17) is 0 Å². The Kier molecular flexibility index (Phi) is 5.10. The van der Waals surface area contributed by atoms with Gasteiger partial charge in [-0.3, -0.25) is 4.79 Å². The van der Waals surface area contributed by atoms with Gasteiger partial charge < -0.3 is 4.74 Å². The number of hydrogen-bond acceptors (Lipinski definition) is 3. The highest BCUT2D eigenvalue weighted by molar-refractivity contribution is 9.09. The summed E-state index contributed by atoms with van der Waals surface area (Å²) in [6.07, 6.45) is -3.01. The maximum atomic E-state index is 12.2. The van der Waals surface area contributed by atoms with Crippen LogP contribution in [0.2, 0.25) is 0 Å². The van der Waals surface area contributed by atoms with Gasteiger partial charge in [0.2, 0.25) is 0 Å². The Bertz CT molecular complexity index is 448. The molecule has 2 nitrogen and oxygen atoms in total. The van der Waals surface area contributed by atoms with E-state index in [1.54, 1.807) is 12.3 Å². The third-order valence-electron chi connectivity index (χ3n) is 2.02. The first-order valence-corrected chi connectivity index (χ1v) is 6.96. The Labute approximate surface area is 115 Å². The van der Waals surface area contributed by atoms with Gasteiger partial charge in [0.05, 0.1) is 4.83 Å². The van der Waals surface area contributed by atoms with Gasteiger partial charge in [0.15, 0.2) is 0 Å². The normalized spacial score (nSPS) is 13.2. The molecule has 0 aromatic heterocycles. The van der Waals surface area contributed by atoms with Crippen molar-refractivity contribution in [2.45, 2.75) is 23.0 Å². The lowest BCUT2D eigenvalue weighted by Crippen LogP contribution is -2.17. The lowest BCUT2D eigenvalue weighted by Gasteiger charge is -2.13. The summed E-state index contributed by atoms with van der Waals surface area (Å²) < 4.78 is 40.4. The van der Waals surface area contributed by atoms with Crippen molar-refractivity contribution in [3.05, 3.63) is 23.8 Å². The molecule has 0 heterocycles. The molecular formula is C11H10BrF3O2S. The molecule has 0 fully saturated rings. The first-order chi connectivity index (χ1) is 8.23. The van der Waals surface area contributed by atoms with Gasteiger partial charge in [-0.15, -0.1) is 24.9 Å². The molecule has 1 atom stereocenters. The summed E-state index contributed by atoms with van der Waals surface area (Å²) in [5.41, 5.74) is 0.439. The summed E-state index contributed by atoms with van der Waals surface area (Å²) in [6.45, 7) is 1.36. The van der Waals surface area contributed by atoms with Crippen molar-refractivity contribution >= 4 is 33.5 Å². The van der Waals surface area contributed by atoms with E-state index in [1.165, 1.54) is 30.8 Å². The maximum Gasteiger partial charge on any atom is 0.573 e. The van der Waals surface area contributed by atoms with E-state index in [9.17, 15) is 18.0 Å². The largest absolute Gasteiger partial charge is 0.573 e. The molecule has 0 saturated heterocycles. The summed E-state index contributed by atoms with van der Waals surface area (Å²) in [5, 5.41) is 0. The second kappa shape index (κ2) is 5.97. The summed E-state index contributed by atoms with van der Waals surface area (Å²) >= 11 is 4.40. The van der Waals surface area contributed by atoms with Gasteiger partial charge in [-0.25, -0.2) is 0 Å². The average Bonchev–Trinajstić information content (AvgIpc) is 2.24. The van der Waals surface area contributed by atoms with Crippen molar-refractivity contribution in [2.75, 3.05) is 6.26 Å². The fourth-order valence-corrected chi connectivity index (χ4v) is 2.04. The standard InChI is InChI=1S/C11H10BrF3O2S/c1-6(16)10(12)7-3-8(17-11(13,14)15)5-9(4-7)18-2/h3-5,10H,1-2H3. The molecule has 0 spiro atoms. The van der Waals surface area contributed by atoms with Crippen LogP contribution >= 0.6 is 27.7 Å². The van der Waals surface area contributed by atoms with Crippen LogP contribution in [0, 0.1) is 0 Å². The molecule has 1 aromatic rings. The molecular weight excluding hydrogens is 333 g/mol. The van der Waals surface area contributed by atoms with Crippen LogP contribution in [0.1, 0.15) is 17.3 Å². The third kappa shape index (κ3) is 4.53. The SMILES string of the molecule is CSc1cc(OC(F)(F)F)cc(C(Br)C(C)=O)c1. The van der Waals surface area contributed by atoms with Crippen molar-refractivity contribution < 1.29 is 22.7 Å². The summed E-state index contributed by atoms with van der Waals surface area (Å²) in [4.78, 5) is 11.2. The summed E-state index contributed by atoms with van der Waals surface area (Å²) in [5.74, 6) is -0.513. The molecule has 1 unspecified atom stereocenters. The second-order valence-electron chi connectivity index (χ2n) is 3.46. The molecule has 7 heteroatoms. The van der Waals surface area contributed by atoms with Crippen molar-refractivity contribution in [2.24, 2.45) is 0 Å². The van der Waals surface area contributed by atoms with Gasteiger partial charge in [0, 0.05) is 4.90 Å². The lowest BCUT2D eigenvalue weighted by atomic mass is 10.1. The van der Waals surface area contributed by atoms with Crippen molar-refractivity contribution in [1.82, 2.24) is 0 Å². The zero-order valence-electron chi connectivity index (χ0n) is 9.55. The minimum Gasteiger partial charge on any atom is -0.406 e. The predicted molar refractivity (Wildman–Crippen MR) is 67.3 cm³/mol. The number of ketones is 1. The second-order valence-corrected chi connectivity index (χ2v) is 5.26. The van der Waals surface area contributed by atoms with Gasteiger partial charge >= 0.3 is 6.36 Å². The fraction of sp³-hybridized carbons (Fsp3) is 0.364. The highest BCUT2D eigenvalue weighted by Gasteiger charge is 2.31. The van der Waals surface area contributed by atoms with E-state index in [0.717, 1.165) is 0 Å². The Morgan fingerprint density at radius 2 is 2.00 bits per heavy atom. The van der Waals surface area contributed by atoms with E-state index in [2.05, 4.69) is 20.7 Å². The zero-order valence-corrected chi connectivity index (χ0v) is 11.9.